The minimum Gasteiger partial charge on any atom is -0.449 e. The molecule has 0 aromatic rings. The van der Waals surface area contributed by atoms with E-state index >= 15 is 0 Å². The van der Waals surface area contributed by atoms with Gasteiger partial charge in [0, 0.05) is 5.41 Å². The molecular formula is C25H36N2O3. The quantitative estimate of drug-likeness (QED) is 0.643. The lowest BCUT2D eigenvalue weighted by Crippen LogP contribution is -2.52. The average molecular weight is 413 g/mol. The van der Waals surface area contributed by atoms with Crippen LogP contribution < -0.4 is 5.43 Å². The molecule has 7 atom stereocenters. The van der Waals surface area contributed by atoms with Gasteiger partial charge in [-0.15, -0.1) is 0 Å². The molecule has 5 aliphatic rings. The SMILES string of the molecule is CCOC(=O)N/N=C1/C=C2CCC3C(CC[C@@]4(C)C3CC3C[C@]34C(C)=O)[C@@]2(C)CC1. The van der Waals surface area contributed by atoms with Crippen LogP contribution in [0.1, 0.15) is 79.1 Å². The van der Waals surface area contributed by atoms with Crippen LogP contribution in [0.15, 0.2) is 16.8 Å². The second kappa shape index (κ2) is 6.67. The Morgan fingerprint density at radius 2 is 2.00 bits per heavy atom. The molecule has 30 heavy (non-hydrogen) atoms. The third-order valence-electron chi connectivity index (χ3n) is 10.2. The Kier molecular flexibility index (Phi) is 4.51. The van der Waals surface area contributed by atoms with Gasteiger partial charge in [0.1, 0.15) is 5.78 Å². The number of ketones is 1. The van der Waals surface area contributed by atoms with E-state index in [-0.39, 0.29) is 16.2 Å². The van der Waals surface area contributed by atoms with Gasteiger partial charge in [-0.05, 0) is 106 Å². The van der Waals surface area contributed by atoms with Crippen LogP contribution >= 0.6 is 0 Å². The van der Waals surface area contributed by atoms with Crippen molar-refractivity contribution in [3.05, 3.63) is 11.6 Å². The number of nitrogens with one attached hydrogen (secondary N) is 1. The van der Waals surface area contributed by atoms with Crippen molar-refractivity contribution < 1.29 is 14.3 Å². The Bertz CT molecular complexity index is 847. The largest absolute Gasteiger partial charge is 0.449 e. The van der Waals surface area contributed by atoms with Crippen LogP contribution in [-0.4, -0.2) is 24.2 Å². The molecular weight excluding hydrogens is 376 g/mol. The summed E-state index contributed by atoms with van der Waals surface area (Å²) in [5.74, 6) is 3.32. The number of hydrazone groups is 1. The number of rotatable bonds is 3. The first-order valence-electron chi connectivity index (χ1n) is 12.0. The standard InChI is InChI=1S/C25H36N2O3/c1-5-30-22(29)27-26-18-8-10-23(3)16(12-18)6-7-19-20(23)9-11-24(4)21(19)13-17-14-25(17,24)15(2)28/h12,17,19-21H,5-11,13-14H2,1-4H3,(H,27,29)/b26-18+/t17?,19?,20?,21?,23-,24-,25-/m0/s1. The number of allylic oxidation sites excluding steroid dienone is 2. The van der Waals surface area contributed by atoms with Crippen molar-refractivity contribution in [2.45, 2.75) is 79.1 Å². The van der Waals surface area contributed by atoms with Crippen LogP contribution in [0, 0.1) is 39.9 Å². The molecule has 0 bridgehead atoms. The van der Waals surface area contributed by atoms with E-state index in [4.69, 9.17) is 4.74 Å². The molecule has 0 aliphatic heterocycles. The fourth-order valence-corrected chi connectivity index (χ4v) is 8.70. The molecule has 1 amide bonds. The van der Waals surface area contributed by atoms with Crippen LogP contribution in [0.2, 0.25) is 0 Å². The second-order valence-electron chi connectivity index (χ2n) is 11.1. The van der Waals surface area contributed by atoms with Crippen LogP contribution in [0.25, 0.3) is 0 Å². The monoisotopic (exact) mass is 412 g/mol. The van der Waals surface area contributed by atoms with Gasteiger partial charge in [0.15, 0.2) is 0 Å². The minimum absolute atomic E-state index is 0.0187. The molecule has 0 aromatic heterocycles. The van der Waals surface area contributed by atoms with Crippen LogP contribution in [0.3, 0.4) is 0 Å². The second-order valence-corrected chi connectivity index (χ2v) is 11.1. The van der Waals surface area contributed by atoms with Gasteiger partial charge in [-0.3, -0.25) is 4.79 Å². The van der Waals surface area contributed by atoms with Crippen molar-refractivity contribution in [3.8, 4) is 0 Å². The Labute approximate surface area is 180 Å². The van der Waals surface area contributed by atoms with E-state index in [2.05, 4.69) is 30.5 Å². The van der Waals surface area contributed by atoms with Gasteiger partial charge >= 0.3 is 6.09 Å². The molecule has 0 aromatic carbocycles. The summed E-state index contributed by atoms with van der Waals surface area (Å²) < 4.78 is 4.91. The van der Waals surface area contributed by atoms with Crippen molar-refractivity contribution in [2.24, 2.45) is 45.0 Å². The molecule has 4 unspecified atom stereocenters. The number of carbonyl (C=O) groups is 2. The first kappa shape index (κ1) is 20.3. The Morgan fingerprint density at radius 3 is 2.73 bits per heavy atom. The summed E-state index contributed by atoms with van der Waals surface area (Å²) in [4.78, 5) is 24.2. The lowest BCUT2D eigenvalue weighted by atomic mass is 9.45. The molecule has 164 valence electrons. The van der Waals surface area contributed by atoms with Gasteiger partial charge < -0.3 is 4.74 Å². The highest BCUT2D eigenvalue weighted by Crippen LogP contribution is 2.80. The molecule has 0 radical (unpaired) electrons. The maximum Gasteiger partial charge on any atom is 0.427 e. The smallest absolute Gasteiger partial charge is 0.427 e. The number of Topliss-reactive ketones (excluding diaryl/α,β-unsaturated/α-hetero) is 1. The molecule has 0 saturated heterocycles. The first-order chi connectivity index (χ1) is 14.3. The molecule has 1 N–H and O–H groups in total. The van der Waals surface area contributed by atoms with E-state index in [1.165, 1.54) is 31.3 Å². The Morgan fingerprint density at radius 1 is 1.20 bits per heavy atom. The molecule has 4 saturated carbocycles. The third-order valence-corrected chi connectivity index (χ3v) is 10.2. The first-order valence-corrected chi connectivity index (χ1v) is 12.0. The van der Waals surface area contributed by atoms with E-state index in [0.29, 0.717) is 18.3 Å². The summed E-state index contributed by atoms with van der Waals surface area (Å²) in [5.41, 5.74) is 5.50. The minimum atomic E-state index is -0.480. The fourth-order valence-electron chi connectivity index (χ4n) is 8.70. The van der Waals surface area contributed by atoms with Crippen molar-refractivity contribution in [1.82, 2.24) is 5.43 Å². The van der Waals surface area contributed by atoms with E-state index in [1.54, 1.807) is 6.92 Å². The molecule has 4 fully saturated rings. The summed E-state index contributed by atoms with van der Waals surface area (Å²) in [6, 6.07) is 0. The fraction of sp³-hybridized carbons (Fsp3) is 0.800. The zero-order valence-corrected chi connectivity index (χ0v) is 18.9. The number of hydrogen-bond acceptors (Lipinski definition) is 4. The predicted molar refractivity (Wildman–Crippen MR) is 116 cm³/mol. The number of amides is 1. The molecule has 0 spiro atoms. The van der Waals surface area contributed by atoms with Crippen molar-refractivity contribution >= 4 is 17.6 Å². The van der Waals surface area contributed by atoms with Crippen LogP contribution in [0.5, 0.6) is 0 Å². The van der Waals surface area contributed by atoms with E-state index in [1.807, 2.05) is 6.92 Å². The highest BCUT2D eigenvalue weighted by Gasteiger charge is 2.76. The highest BCUT2D eigenvalue weighted by molar-refractivity contribution is 5.97. The van der Waals surface area contributed by atoms with Crippen LogP contribution in [-0.2, 0) is 9.53 Å². The topological polar surface area (TPSA) is 67.8 Å². The van der Waals surface area contributed by atoms with Crippen LogP contribution in [0.4, 0.5) is 4.79 Å². The molecule has 0 heterocycles. The zero-order valence-electron chi connectivity index (χ0n) is 18.9. The number of ether oxygens (including phenoxy) is 1. The van der Waals surface area contributed by atoms with Gasteiger partial charge in [-0.2, -0.15) is 5.10 Å². The molecule has 5 nitrogen and oxygen atoms in total. The van der Waals surface area contributed by atoms with Gasteiger partial charge in [0.25, 0.3) is 0 Å². The maximum absolute atomic E-state index is 12.6. The summed E-state index contributed by atoms with van der Waals surface area (Å²) >= 11 is 0. The molecule has 5 aliphatic carbocycles. The summed E-state index contributed by atoms with van der Waals surface area (Å²) in [5, 5.41) is 4.31. The summed E-state index contributed by atoms with van der Waals surface area (Å²) in [7, 11) is 0. The highest BCUT2D eigenvalue weighted by atomic mass is 16.5. The average Bonchev–Trinajstić information content (AvgIpc) is 3.39. The normalized spacial score (nSPS) is 47.3. The van der Waals surface area contributed by atoms with Gasteiger partial charge in [-0.25, -0.2) is 10.2 Å². The van der Waals surface area contributed by atoms with Gasteiger partial charge in [-0.1, -0.05) is 19.4 Å². The third kappa shape index (κ3) is 2.56. The summed E-state index contributed by atoms with van der Waals surface area (Å²) in [6.07, 6.45) is 11.0. The number of nitrogens with zero attached hydrogens (tertiary/aromatic N) is 1. The zero-order chi connectivity index (χ0) is 21.3. The lowest BCUT2D eigenvalue weighted by molar-refractivity contribution is -0.132. The Balaban J connectivity index is 1.37. The van der Waals surface area contributed by atoms with E-state index in [9.17, 15) is 9.59 Å². The number of fused-ring (bicyclic) bond motifs is 7. The predicted octanol–water partition coefficient (Wildman–Crippen LogP) is 5.26. The lowest BCUT2D eigenvalue weighted by Gasteiger charge is -2.59. The van der Waals surface area contributed by atoms with E-state index < -0.39 is 6.09 Å². The number of carbonyl (C=O) groups excluding carboxylic acids is 2. The van der Waals surface area contributed by atoms with Gasteiger partial charge in [0.2, 0.25) is 0 Å². The van der Waals surface area contributed by atoms with Crippen molar-refractivity contribution in [3.63, 3.8) is 0 Å². The van der Waals surface area contributed by atoms with Crippen molar-refractivity contribution in [1.29, 1.82) is 0 Å². The summed E-state index contributed by atoms with van der Waals surface area (Å²) in [6.45, 7) is 8.94. The number of hydrogen-bond donors (Lipinski definition) is 1. The molecule has 5 heteroatoms. The Hall–Kier alpha value is -1.65. The maximum atomic E-state index is 12.6. The van der Waals surface area contributed by atoms with E-state index in [0.717, 1.165) is 49.1 Å². The molecule has 5 rings (SSSR count). The van der Waals surface area contributed by atoms with Gasteiger partial charge in [0.05, 0.1) is 12.3 Å². The van der Waals surface area contributed by atoms with Crippen molar-refractivity contribution in [2.75, 3.05) is 6.61 Å².